The van der Waals surface area contributed by atoms with Crippen molar-refractivity contribution < 1.29 is 27.8 Å². The van der Waals surface area contributed by atoms with Crippen LogP contribution >= 0.6 is 11.3 Å². The number of halogens is 2. The number of methoxy groups -OCH3 is 1. The maximum absolute atomic E-state index is 13.6. The summed E-state index contributed by atoms with van der Waals surface area (Å²) in [6.07, 6.45) is -0.0958. The molecule has 156 valence electrons. The molecule has 30 heavy (non-hydrogen) atoms. The lowest BCUT2D eigenvalue weighted by Gasteiger charge is -2.06. The predicted octanol–water partition coefficient (Wildman–Crippen LogP) is 3.96. The summed E-state index contributed by atoms with van der Waals surface area (Å²) >= 11 is 1.42. The maximum atomic E-state index is 13.6. The van der Waals surface area contributed by atoms with Crippen molar-refractivity contribution in [2.24, 2.45) is 0 Å². The molecule has 0 atom stereocenters. The van der Waals surface area contributed by atoms with E-state index >= 15 is 0 Å². The Morgan fingerprint density at radius 1 is 1.17 bits per heavy atom. The molecule has 3 rings (SSSR count). The van der Waals surface area contributed by atoms with Crippen LogP contribution in [-0.2, 0) is 16.1 Å². The molecule has 0 unspecified atom stereocenters. The Balaban J connectivity index is 1.45. The van der Waals surface area contributed by atoms with E-state index in [-0.39, 0.29) is 25.1 Å². The number of esters is 1. The van der Waals surface area contributed by atoms with Gasteiger partial charge in [-0.15, -0.1) is 11.3 Å². The Morgan fingerprint density at radius 3 is 2.77 bits per heavy atom. The molecule has 0 aliphatic carbocycles. The number of amides is 1. The van der Waals surface area contributed by atoms with Gasteiger partial charge in [-0.25, -0.2) is 13.8 Å². The quantitative estimate of drug-likeness (QED) is 0.545. The first-order valence-electron chi connectivity index (χ1n) is 8.94. The summed E-state index contributed by atoms with van der Waals surface area (Å²) in [4.78, 5) is 28.2. The molecule has 1 heterocycles. The van der Waals surface area contributed by atoms with Gasteiger partial charge in [0.15, 0.2) is 0 Å². The van der Waals surface area contributed by atoms with Gasteiger partial charge in [-0.05, 0) is 24.3 Å². The van der Waals surface area contributed by atoms with Crippen molar-refractivity contribution in [3.8, 4) is 16.3 Å². The number of rotatable bonds is 8. The van der Waals surface area contributed by atoms with Crippen molar-refractivity contribution in [2.75, 3.05) is 13.7 Å². The molecule has 1 amide bonds. The molecule has 0 bridgehead atoms. The molecule has 0 aliphatic heterocycles. The zero-order chi connectivity index (χ0) is 21.5. The number of thiazole rings is 1. The highest BCUT2D eigenvalue weighted by Gasteiger charge is 2.13. The van der Waals surface area contributed by atoms with E-state index in [4.69, 9.17) is 9.47 Å². The molecule has 1 aromatic heterocycles. The van der Waals surface area contributed by atoms with Crippen molar-refractivity contribution in [1.29, 1.82) is 0 Å². The first-order chi connectivity index (χ1) is 14.5. The number of aromatic nitrogens is 1. The number of hydrogen-bond donors (Lipinski definition) is 1. The Morgan fingerprint density at radius 2 is 2.00 bits per heavy atom. The molecule has 6 nitrogen and oxygen atoms in total. The molecule has 0 saturated heterocycles. The number of ether oxygens (including phenoxy) is 2. The average Bonchev–Trinajstić information content (AvgIpc) is 3.21. The minimum Gasteiger partial charge on any atom is -0.497 e. The van der Waals surface area contributed by atoms with Crippen molar-refractivity contribution in [3.05, 3.63) is 70.7 Å². The SMILES string of the molecule is COc1cccc(-c2nc(COC(=O)CCNC(=O)c3ccc(F)cc3F)cs2)c1. The minimum absolute atomic E-state index is 0.000160. The van der Waals surface area contributed by atoms with E-state index in [0.717, 1.165) is 28.5 Å². The van der Waals surface area contributed by atoms with Gasteiger partial charge in [0.2, 0.25) is 0 Å². The smallest absolute Gasteiger partial charge is 0.307 e. The van der Waals surface area contributed by atoms with Gasteiger partial charge < -0.3 is 14.8 Å². The van der Waals surface area contributed by atoms with Gasteiger partial charge in [0.1, 0.15) is 29.0 Å². The average molecular weight is 432 g/mol. The fourth-order valence-electron chi connectivity index (χ4n) is 2.54. The van der Waals surface area contributed by atoms with Gasteiger partial charge in [-0.3, -0.25) is 9.59 Å². The van der Waals surface area contributed by atoms with Gasteiger partial charge in [-0.2, -0.15) is 0 Å². The lowest BCUT2D eigenvalue weighted by Crippen LogP contribution is -2.27. The van der Waals surface area contributed by atoms with Crippen molar-refractivity contribution >= 4 is 23.2 Å². The highest BCUT2D eigenvalue weighted by atomic mass is 32.1. The second kappa shape index (κ2) is 9.93. The summed E-state index contributed by atoms with van der Waals surface area (Å²) in [6.45, 7) is -0.0412. The number of carbonyl (C=O) groups is 2. The van der Waals surface area contributed by atoms with E-state index < -0.39 is 23.5 Å². The number of carbonyl (C=O) groups excluding carboxylic acids is 2. The second-order valence-electron chi connectivity index (χ2n) is 6.17. The molecule has 0 saturated carbocycles. The van der Waals surface area contributed by atoms with Crippen LogP contribution in [-0.4, -0.2) is 30.5 Å². The van der Waals surface area contributed by atoms with E-state index in [1.165, 1.54) is 11.3 Å². The summed E-state index contributed by atoms with van der Waals surface area (Å²) in [5.74, 6) is -2.29. The molecule has 0 fully saturated rings. The lowest BCUT2D eigenvalue weighted by atomic mass is 10.2. The predicted molar refractivity (Wildman–Crippen MR) is 107 cm³/mol. The summed E-state index contributed by atoms with van der Waals surface area (Å²) < 4.78 is 36.8. The van der Waals surface area contributed by atoms with Crippen LogP contribution in [0, 0.1) is 11.6 Å². The summed E-state index contributed by atoms with van der Waals surface area (Å²) in [5.41, 5.74) is 1.20. The Hall–Kier alpha value is -3.33. The van der Waals surface area contributed by atoms with Crippen LogP contribution in [0.15, 0.2) is 47.8 Å². The van der Waals surface area contributed by atoms with Crippen LogP contribution in [0.3, 0.4) is 0 Å². The fourth-order valence-corrected chi connectivity index (χ4v) is 3.34. The van der Waals surface area contributed by atoms with Gasteiger partial charge in [0.25, 0.3) is 5.91 Å². The van der Waals surface area contributed by atoms with E-state index in [1.54, 1.807) is 12.5 Å². The van der Waals surface area contributed by atoms with E-state index in [0.29, 0.717) is 11.8 Å². The lowest BCUT2D eigenvalue weighted by molar-refractivity contribution is -0.144. The normalized spacial score (nSPS) is 10.5. The van der Waals surface area contributed by atoms with Gasteiger partial charge >= 0.3 is 5.97 Å². The van der Waals surface area contributed by atoms with Gasteiger partial charge in [-0.1, -0.05) is 12.1 Å². The molecule has 0 radical (unpaired) electrons. The van der Waals surface area contributed by atoms with E-state index in [9.17, 15) is 18.4 Å². The topological polar surface area (TPSA) is 77.5 Å². The van der Waals surface area contributed by atoms with E-state index in [1.807, 2.05) is 24.3 Å². The highest BCUT2D eigenvalue weighted by molar-refractivity contribution is 7.13. The Labute approximate surface area is 175 Å². The third kappa shape index (κ3) is 5.60. The highest BCUT2D eigenvalue weighted by Crippen LogP contribution is 2.27. The van der Waals surface area contributed by atoms with Crippen molar-refractivity contribution in [2.45, 2.75) is 13.0 Å². The number of nitrogens with one attached hydrogen (secondary N) is 1. The third-order valence-electron chi connectivity index (χ3n) is 4.04. The minimum atomic E-state index is -0.967. The monoisotopic (exact) mass is 432 g/mol. The fraction of sp³-hybridized carbons (Fsp3) is 0.190. The number of hydrogen-bond acceptors (Lipinski definition) is 6. The van der Waals surface area contributed by atoms with Gasteiger partial charge in [0.05, 0.1) is 24.8 Å². The molecule has 1 N–H and O–H groups in total. The number of benzene rings is 2. The largest absolute Gasteiger partial charge is 0.497 e. The third-order valence-corrected chi connectivity index (χ3v) is 4.98. The molecule has 0 spiro atoms. The van der Waals surface area contributed by atoms with Crippen LogP contribution < -0.4 is 10.1 Å². The maximum Gasteiger partial charge on any atom is 0.307 e. The van der Waals surface area contributed by atoms with Crippen LogP contribution in [0.4, 0.5) is 8.78 Å². The van der Waals surface area contributed by atoms with Crippen molar-refractivity contribution in [3.63, 3.8) is 0 Å². The van der Waals surface area contributed by atoms with Crippen LogP contribution in [0.2, 0.25) is 0 Å². The summed E-state index contributed by atoms with van der Waals surface area (Å²) in [6, 6.07) is 10.1. The Bertz CT molecular complexity index is 1050. The standard InChI is InChI=1S/C21H18F2N2O4S/c1-28-16-4-2-3-13(9-16)21-25-15(12-30-21)11-29-19(26)7-8-24-20(27)17-6-5-14(22)10-18(17)23/h2-6,9-10,12H,7-8,11H2,1H3,(H,24,27). The first kappa shape index (κ1) is 21.4. The van der Waals surface area contributed by atoms with Crippen LogP contribution in [0.1, 0.15) is 22.5 Å². The molecular weight excluding hydrogens is 414 g/mol. The van der Waals surface area contributed by atoms with E-state index in [2.05, 4.69) is 10.3 Å². The number of nitrogens with zero attached hydrogens (tertiary/aromatic N) is 1. The van der Waals surface area contributed by atoms with Crippen LogP contribution in [0.5, 0.6) is 5.75 Å². The molecule has 9 heteroatoms. The van der Waals surface area contributed by atoms with Gasteiger partial charge in [0, 0.05) is 23.6 Å². The summed E-state index contributed by atoms with van der Waals surface area (Å²) in [5, 5.41) is 4.96. The first-order valence-corrected chi connectivity index (χ1v) is 9.82. The van der Waals surface area contributed by atoms with Crippen molar-refractivity contribution in [1.82, 2.24) is 10.3 Å². The second-order valence-corrected chi connectivity index (χ2v) is 7.02. The molecule has 0 aliphatic rings. The Kier molecular flexibility index (Phi) is 7.08. The van der Waals surface area contributed by atoms with Crippen LogP contribution in [0.25, 0.3) is 10.6 Å². The zero-order valence-electron chi connectivity index (χ0n) is 16.0. The summed E-state index contributed by atoms with van der Waals surface area (Å²) in [7, 11) is 1.59. The molecular formula is C21H18F2N2O4S. The molecule has 2 aromatic carbocycles. The zero-order valence-corrected chi connectivity index (χ0v) is 16.8. The molecule has 3 aromatic rings.